The topological polar surface area (TPSA) is 35.5 Å². The third-order valence-corrected chi connectivity index (χ3v) is 4.27. The maximum atomic E-state index is 12.2. The zero-order chi connectivity index (χ0) is 15.1. The first-order chi connectivity index (χ1) is 10.2. The molecule has 21 heavy (non-hydrogen) atoms. The summed E-state index contributed by atoms with van der Waals surface area (Å²) in [5.74, 6) is 2.22. The van der Waals surface area contributed by atoms with Crippen LogP contribution in [-0.2, 0) is 4.79 Å². The third-order valence-electron chi connectivity index (χ3n) is 4.27. The Morgan fingerprint density at radius 1 is 1.05 bits per heavy atom. The molecule has 1 aromatic carbocycles. The lowest BCUT2D eigenvalue weighted by molar-refractivity contribution is -0.140. The molecule has 0 saturated heterocycles. The van der Waals surface area contributed by atoms with Crippen LogP contribution in [0.4, 0.5) is 0 Å². The summed E-state index contributed by atoms with van der Waals surface area (Å²) < 4.78 is 11.0. The van der Waals surface area contributed by atoms with E-state index in [0.717, 1.165) is 43.8 Å². The van der Waals surface area contributed by atoms with Crippen molar-refractivity contribution in [2.75, 3.05) is 6.61 Å². The number of benzene rings is 1. The molecule has 1 aliphatic carbocycles. The van der Waals surface area contributed by atoms with Crippen molar-refractivity contribution in [2.24, 2.45) is 11.8 Å². The first-order valence-electron chi connectivity index (χ1n) is 8.17. The summed E-state index contributed by atoms with van der Waals surface area (Å²) in [6.45, 7) is 5.01. The van der Waals surface area contributed by atoms with Gasteiger partial charge < -0.3 is 9.47 Å². The van der Waals surface area contributed by atoms with E-state index in [-0.39, 0.29) is 11.9 Å². The van der Waals surface area contributed by atoms with Crippen LogP contribution in [-0.4, -0.2) is 12.6 Å². The Morgan fingerprint density at radius 2 is 1.67 bits per heavy atom. The number of esters is 1. The van der Waals surface area contributed by atoms with E-state index in [1.165, 1.54) is 6.42 Å². The van der Waals surface area contributed by atoms with Crippen LogP contribution < -0.4 is 9.47 Å². The smallest absolute Gasteiger partial charge is 0.314 e. The molecule has 3 heteroatoms. The fraction of sp³-hybridized carbons (Fsp3) is 0.611. The zero-order valence-electron chi connectivity index (χ0n) is 13.1. The van der Waals surface area contributed by atoms with Crippen molar-refractivity contribution in [2.45, 2.75) is 52.4 Å². The Bertz CT molecular complexity index is 430. The highest BCUT2D eigenvalue weighted by atomic mass is 16.5. The lowest BCUT2D eigenvalue weighted by atomic mass is 9.81. The van der Waals surface area contributed by atoms with Crippen molar-refractivity contribution >= 4 is 5.97 Å². The van der Waals surface area contributed by atoms with Crippen LogP contribution >= 0.6 is 0 Å². The van der Waals surface area contributed by atoms with Gasteiger partial charge in [-0.1, -0.05) is 20.3 Å². The van der Waals surface area contributed by atoms with Gasteiger partial charge in [0.1, 0.15) is 11.5 Å². The van der Waals surface area contributed by atoms with Gasteiger partial charge in [0.15, 0.2) is 0 Å². The lowest BCUT2D eigenvalue weighted by Gasteiger charge is -2.26. The summed E-state index contributed by atoms with van der Waals surface area (Å²) in [7, 11) is 0. The van der Waals surface area contributed by atoms with Crippen LogP contribution in [0.1, 0.15) is 52.4 Å². The van der Waals surface area contributed by atoms with Gasteiger partial charge in [0.25, 0.3) is 0 Å². The van der Waals surface area contributed by atoms with E-state index in [9.17, 15) is 4.79 Å². The Morgan fingerprint density at radius 3 is 2.24 bits per heavy atom. The molecule has 0 unspecified atom stereocenters. The van der Waals surface area contributed by atoms with E-state index in [2.05, 4.69) is 13.8 Å². The molecular formula is C18H26O3. The van der Waals surface area contributed by atoms with E-state index in [1.54, 1.807) is 12.1 Å². The molecule has 0 aliphatic heterocycles. The fourth-order valence-corrected chi connectivity index (χ4v) is 2.83. The summed E-state index contributed by atoms with van der Waals surface area (Å²) in [6.07, 6.45) is 6.45. The summed E-state index contributed by atoms with van der Waals surface area (Å²) in [5, 5.41) is 0. The largest absolute Gasteiger partial charge is 0.494 e. The Kier molecular flexibility index (Phi) is 6.09. The van der Waals surface area contributed by atoms with Gasteiger partial charge in [0.05, 0.1) is 12.5 Å². The Balaban J connectivity index is 1.82. The van der Waals surface area contributed by atoms with Crippen LogP contribution in [0.5, 0.6) is 11.5 Å². The third kappa shape index (κ3) is 4.76. The summed E-state index contributed by atoms with van der Waals surface area (Å²) in [5.41, 5.74) is 0. The predicted octanol–water partition coefficient (Wildman–Crippen LogP) is 4.60. The highest BCUT2D eigenvalue weighted by molar-refractivity contribution is 5.75. The molecular weight excluding hydrogens is 264 g/mol. The number of ether oxygens (including phenoxy) is 2. The van der Waals surface area contributed by atoms with Gasteiger partial charge in [-0.05, 0) is 62.3 Å². The number of rotatable bonds is 6. The van der Waals surface area contributed by atoms with Crippen LogP contribution in [0.15, 0.2) is 24.3 Å². The zero-order valence-corrected chi connectivity index (χ0v) is 13.1. The summed E-state index contributed by atoms with van der Waals surface area (Å²) >= 11 is 0. The van der Waals surface area contributed by atoms with Crippen LogP contribution in [0.2, 0.25) is 0 Å². The van der Waals surface area contributed by atoms with Gasteiger partial charge in [-0.25, -0.2) is 0 Å². The number of hydrogen-bond acceptors (Lipinski definition) is 3. The number of carbonyl (C=O) groups is 1. The SMILES string of the molecule is CCCOc1ccc(OC(=O)C2CCC(CC)CC2)cc1. The normalized spacial score (nSPS) is 21.8. The van der Waals surface area contributed by atoms with Crippen LogP contribution in [0.25, 0.3) is 0 Å². The first-order valence-corrected chi connectivity index (χ1v) is 8.17. The van der Waals surface area contributed by atoms with E-state index in [4.69, 9.17) is 9.47 Å². The van der Waals surface area contributed by atoms with Crippen molar-refractivity contribution in [1.82, 2.24) is 0 Å². The highest BCUT2D eigenvalue weighted by Crippen LogP contribution is 2.31. The average molecular weight is 290 g/mol. The number of carbonyl (C=O) groups excluding carboxylic acids is 1. The molecule has 0 aromatic heterocycles. The van der Waals surface area contributed by atoms with Gasteiger partial charge in [-0.15, -0.1) is 0 Å². The first kappa shape index (κ1) is 15.9. The standard InChI is InChI=1S/C18H26O3/c1-3-13-20-16-9-11-17(12-10-16)21-18(19)15-7-5-14(4-2)6-8-15/h9-12,14-15H,3-8,13H2,1-2H3. The summed E-state index contributed by atoms with van der Waals surface area (Å²) in [6, 6.07) is 7.32. The molecule has 3 nitrogen and oxygen atoms in total. The monoisotopic (exact) mass is 290 g/mol. The number of hydrogen-bond donors (Lipinski definition) is 0. The van der Waals surface area contributed by atoms with Crippen molar-refractivity contribution in [3.63, 3.8) is 0 Å². The second-order valence-electron chi connectivity index (χ2n) is 5.87. The molecule has 0 N–H and O–H groups in total. The van der Waals surface area contributed by atoms with Gasteiger partial charge in [-0.2, -0.15) is 0 Å². The molecule has 2 rings (SSSR count). The van der Waals surface area contributed by atoms with Crippen molar-refractivity contribution in [3.05, 3.63) is 24.3 Å². The lowest BCUT2D eigenvalue weighted by Crippen LogP contribution is -2.25. The van der Waals surface area contributed by atoms with Gasteiger partial charge in [0, 0.05) is 0 Å². The predicted molar refractivity (Wildman–Crippen MR) is 83.6 cm³/mol. The molecule has 0 amide bonds. The second-order valence-corrected chi connectivity index (χ2v) is 5.87. The van der Waals surface area contributed by atoms with E-state index >= 15 is 0 Å². The summed E-state index contributed by atoms with van der Waals surface area (Å²) in [4.78, 5) is 12.2. The van der Waals surface area contributed by atoms with Crippen molar-refractivity contribution < 1.29 is 14.3 Å². The molecule has 0 bridgehead atoms. The van der Waals surface area contributed by atoms with E-state index < -0.39 is 0 Å². The molecule has 0 heterocycles. The van der Waals surface area contributed by atoms with Crippen LogP contribution in [0, 0.1) is 11.8 Å². The molecule has 0 spiro atoms. The maximum Gasteiger partial charge on any atom is 0.314 e. The van der Waals surface area contributed by atoms with Gasteiger partial charge in [0.2, 0.25) is 0 Å². The second kappa shape index (κ2) is 8.06. The molecule has 1 aliphatic rings. The molecule has 116 valence electrons. The minimum Gasteiger partial charge on any atom is -0.494 e. The van der Waals surface area contributed by atoms with Gasteiger partial charge in [-0.3, -0.25) is 4.79 Å². The molecule has 1 aromatic rings. The molecule has 0 radical (unpaired) electrons. The molecule has 1 fully saturated rings. The minimum absolute atomic E-state index is 0.0730. The Hall–Kier alpha value is -1.51. The molecule has 1 saturated carbocycles. The van der Waals surface area contributed by atoms with E-state index in [1.807, 2.05) is 12.1 Å². The minimum atomic E-state index is -0.0771. The fourth-order valence-electron chi connectivity index (χ4n) is 2.83. The highest BCUT2D eigenvalue weighted by Gasteiger charge is 2.26. The quantitative estimate of drug-likeness (QED) is 0.567. The Labute approximate surface area is 127 Å². The van der Waals surface area contributed by atoms with Crippen molar-refractivity contribution in [3.8, 4) is 11.5 Å². The molecule has 0 atom stereocenters. The van der Waals surface area contributed by atoms with Gasteiger partial charge >= 0.3 is 5.97 Å². The maximum absolute atomic E-state index is 12.2. The van der Waals surface area contributed by atoms with Crippen LogP contribution in [0.3, 0.4) is 0 Å². The van der Waals surface area contributed by atoms with E-state index in [0.29, 0.717) is 12.4 Å². The average Bonchev–Trinajstić information content (AvgIpc) is 2.54. The van der Waals surface area contributed by atoms with Crippen molar-refractivity contribution in [1.29, 1.82) is 0 Å².